The number of fused-ring (bicyclic) bond motifs is 1. The molecule has 0 atom stereocenters. The molecule has 1 aromatic heterocycles. The Hall–Kier alpha value is -3.18. The molecule has 5 heteroatoms. The van der Waals surface area contributed by atoms with Gasteiger partial charge in [0, 0.05) is 15.6 Å². The van der Waals surface area contributed by atoms with Crippen molar-refractivity contribution in [2.24, 2.45) is 5.10 Å². The third-order valence-electron chi connectivity index (χ3n) is 4.15. The molecule has 0 spiro atoms. The molecule has 4 aromatic rings. The van der Waals surface area contributed by atoms with E-state index in [1.165, 1.54) is 6.21 Å². The van der Waals surface area contributed by atoms with Gasteiger partial charge < -0.3 is 4.42 Å². The maximum atomic E-state index is 12.4. The molecule has 132 valence electrons. The minimum absolute atomic E-state index is 0.261. The van der Waals surface area contributed by atoms with Gasteiger partial charge in [-0.2, -0.15) is 5.10 Å². The summed E-state index contributed by atoms with van der Waals surface area (Å²) in [5, 5.41) is 5.93. The molecular formula is C22H15BrN2O2. The Labute approximate surface area is 164 Å². The number of amides is 1. The molecule has 1 N–H and O–H groups in total. The largest absolute Gasteiger partial charge is 0.455 e. The minimum Gasteiger partial charge on any atom is -0.455 e. The van der Waals surface area contributed by atoms with Crippen LogP contribution < -0.4 is 5.43 Å². The first-order chi connectivity index (χ1) is 13.2. The number of nitrogens with one attached hydrogen (secondary N) is 1. The topological polar surface area (TPSA) is 54.6 Å². The number of halogens is 1. The van der Waals surface area contributed by atoms with Gasteiger partial charge in [0.25, 0.3) is 5.91 Å². The molecule has 4 rings (SSSR count). The standard InChI is InChI=1S/C22H15BrN2O2/c23-17-10-8-16(9-11-17)21-13-12-18(27-21)14-24-25-22(26)20-7-3-5-15-4-1-2-6-19(15)20/h1-14H,(H,25,26)/b24-14+. The summed E-state index contributed by atoms with van der Waals surface area (Å²) in [6.45, 7) is 0. The van der Waals surface area contributed by atoms with E-state index in [9.17, 15) is 4.79 Å². The van der Waals surface area contributed by atoms with E-state index in [0.717, 1.165) is 26.6 Å². The van der Waals surface area contributed by atoms with Gasteiger partial charge >= 0.3 is 0 Å². The Morgan fingerprint density at radius 3 is 2.56 bits per heavy atom. The highest BCUT2D eigenvalue weighted by Crippen LogP contribution is 2.23. The summed E-state index contributed by atoms with van der Waals surface area (Å²) in [4.78, 5) is 12.4. The zero-order valence-corrected chi connectivity index (χ0v) is 15.8. The lowest BCUT2D eigenvalue weighted by molar-refractivity contribution is 0.0957. The molecule has 0 saturated heterocycles. The van der Waals surface area contributed by atoms with Gasteiger partial charge in [0.15, 0.2) is 0 Å². The van der Waals surface area contributed by atoms with E-state index in [-0.39, 0.29) is 5.91 Å². The van der Waals surface area contributed by atoms with Gasteiger partial charge in [0.1, 0.15) is 11.5 Å². The lowest BCUT2D eigenvalue weighted by Crippen LogP contribution is -2.17. The predicted molar refractivity (Wildman–Crippen MR) is 111 cm³/mol. The second kappa shape index (κ2) is 7.60. The summed E-state index contributed by atoms with van der Waals surface area (Å²) in [5.74, 6) is 1.04. The van der Waals surface area contributed by atoms with Crippen LogP contribution >= 0.6 is 15.9 Å². The fourth-order valence-electron chi connectivity index (χ4n) is 2.83. The minimum atomic E-state index is -0.261. The van der Waals surface area contributed by atoms with Crippen LogP contribution in [0.15, 0.2) is 92.9 Å². The Bertz CT molecular complexity index is 1130. The van der Waals surface area contributed by atoms with Crippen molar-refractivity contribution in [3.63, 3.8) is 0 Å². The second-order valence-corrected chi connectivity index (χ2v) is 6.85. The number of hydrogen-bond acceptors (Lipinski definition) is 3. The van der Waals surface area contributed by atoms with Crippen molar-refractivity contribution in [2.45, 2.75) is 0 Å². The molecule has 1 heterocycles. The van der Waals surface area contributed by atoms with Crippen molar-refractivity contribution < 1.29 is 9.21 Å². The van der Waals surface area contributed by atoms with Crippen molar-refractivity contribution in [2.75, 3.05) is 0 Å². The predicted octanol–water partition coefficient (Wildman–Crippen LogP) is 5.63. The van der Waals surface area contributed by atoms with E-state index < -0.39 is 0 Å². The van der Waals surface area contributed by atoms with Crippen LogP contribution in [0.1, 0.15) is 16.1 Å². The number of hydrazone groups is 1. The number of hydrogen-bond donors (Lipinski definition) is 1. The maximum Gasteiger partial charge on any atom is 0.271 e. The van der Waals surface area contributed by atoms with Gasteiger partial charge in [-0.1, -0.05) is 64.5 Å². The molecular weight excluding hydrogens is 404 g/mol. The highest BCUT2D eigenvalue weighted by Gasteiger charge is 2.08. The number of carbonyl (C=O) groups excluding carboxylic acids is 1. The SMILES string of the molecule is O=C(N/N=C/c1ccc(-c2ccc(Br)cc2)o1)c1cccc2ccccc12. The molecule has 3 aromatic carbocycles. The molecule has 1 amide bonds. The first kappa shape index (κ1) is 17.2. The second-order valence-electron chi connectivity index (χ2n) is 5.93. The monoisotopic (exact) mass is 418 g/mol. The molecule has 4 nitrogen and oxygen atoms in total. The Morgan fingerprint density at radius 1 is 0.926 bits per heavy atom. The fraction of sp³-hybridized carbons (Fsp3) is 0. The van der Waals surface area contributed by atoms with Gasteiger partial charge in [-0.15, -0.1) is 0 Å². The first-order valence-electron chi connectivity index (χ1n) is 8.38. The summed E-state index contributed by atoms with van der Waals surface area (Å²) in [5.41, 5.74) is 4.11. The van der Waals surface area contributed by atoms with Gasteiger partial charge in [0.05, 0.1) is 6.21 Å². The number of benzene rings is 3. The number of rotatable bonds is 4. The Balaban J connectivity index is 1.48. The normalized spacial score (nSPS) is 11.1. The Kier molecular flexibility index (Phi) is 4.85. The molecule has 0 aliphatic heterocycles. The number of carbonyl (C=O) groups is 1. The molecule has 0 saturated carbocycles. The van der Waals surface area contributed by atoms with E-state index in [4.69, 9.17) is 4.42 Å². The molecule has 0 radical (unpaired) electrons. The van der Waals surface area contributed by atoms with Crippen molar-refractivity contribution >= 4 is 38.8 Å². The molecule has 0 aliphatic carbocycles. The molecule has 0 unspecified atom stereocenters. The van der Waals surface area contributed by atoms with Crippen molar-refractivity contribution in [1.82, 2.24) is 5.43 Å². The number of furan rings is 1. The zero-order valence-electron chi connectivity index (χ0n) is 14.2. The quantitative estimate of drug-likeness (QED) is 0.345. The summed E-state index contributed by atoms with van der Waals surface area (Å²) in [6, 6.07) is 24.9. The van der Waals surface area contributed by atoms with Crippen LogP contribution in [0.3, 0.4) is 0 Å². The van der Waals surface area contributed by atoms with E-state index in [0.29, 0.717) is 11.3 Å². The van der Waals surface area contributed by atoms with Gasteiger partial charge in [-0.25, -0.2) is 5.43 Å². The summed E-state index contributed by atoms with van der Waals surface area (Å²) in [6.07, 6.45) is 1.49. The number of nitrogens with zero attached hydrogens (tertiary/aromatic N) is 1. The van der Waals surface area contributed by atoms with Crippen LogP contribution in [0.5, 0.6) is 0 Å². The lowest BCUT2D eigenvalue weighted by Gasteiger charge is -2.04. The van der Waals surface area contributed by atoms with Crippen LogP contribution in [0.25, 0.3) is 22.1 Å². The van der Waals surface area contributed by atoms with Crippen molar-refractivity contribution in [3.8, 4) is 11.3 Å². The fourth-order valence-corrected chi connectivity index (χ4v) is 3.09. The van der Waals surface area contributed by atoms with Gasteiger partial charge in [-0.05, 0) is 41.1 Å². The van der Waals surface area contributed by atoms with Crippen molar-refractivity contribution in [1.29, 1.82) is 0 Å². The molecule has 0 bridgehead atoms. The molecule has 0 aliphatic rings. The van der Waals surface area contributed by atoms with Crippen LogP contribution in [-0.4, -0.2) is 12.1 Å². The maximum absolute atomic E-state index is 12.4. The lowest BCUT2D eigenvalue weighted by atomic mass is 10.0. The Morgan fingerprint density at radius 2 is 1.70 bits per heavy atom. The third-order valence-corrected chi connectivity index (χ3v) is 4.68. The summed E-state index contributed by atoms with van der Waals surface area (Å²) < 4.78 is 6.76. The first-order valence-corrected chi connectivity index (χ1v) is 9.17. The van der Waals surface area contributed by atoms with E-state index in [2.05, 4.69) is 26.5 Å². The highest BCUT2D eigenvalue weighted by atomic mass is 79.9. The zero-order chi connectivity index (χ0) is 18.6. The molecule has 0 fully saturated rings. The van der Waals surface area contributed by atoms with E-state index in [1.54, 1.807) is 6.07 Å². The van der Waals surface area contributed by atoms with Gasteiger partial charge in [0.2, 0.25) is 0 Å². The van der Waals surface area contributed by atoms with Crippen LogP contribution in [0.2, 0.25) is 0 Å². The van der Waals surface area contributed by atoms with Crippen LogP contribution in [0.4, 0.5) is 0 Å². The average Bonchev–Trinajstić information content (AvgIpc) is 3.17. The average molecular weight is 419 g/mol. The molecule has 27 heavy (non-hydrogen) atoms. The van der Waals surface area contributed by atoms with Crippen LogP contribution in [-0.2, 0) is 0 Å². The summed E-state index contributed by atoms with van der Waals surface area (Å²) in [7, 11) is 0. The third kappa shape index (κ3) is 3.83. The van der Waals surface area contributed by atoms with E-state index >= 15 is 0 Å². The van der Waals surface area contributed by atoms with Gasteiger partial charge in [-0.3, -0.25) is 4.79 Å². The van der Waals surface area contributed by atoms with E-state index in [1.807, 2.05) is 72.8 Å². The highest BCUT2D eigenvalue weighted by molar-refractivity contribution is 9.10. The summed E-state index contributed by atoms with van der Waals surface area (Å²) >= 11 is 3.41. The van der Waals surface area contributed by atoms with Crippen molar-refractivity contribution in [3.05, 3.63) is 94.7 Å². The van der Waals surface area contributed by atoms with Crippen LogP contribution in [0, 0.1) is 0 Å². The smallest absolute Gasteiger partial charge is 0.271 e.